The van der Waals surface area contributed by atoms with Gasteiger partial charge in [0.1, 0.15) is 5.75 Å². The molecule has 0 aliphatic carbocycles. The van der Waals surface area contributed by atoms with Crippen LogP contribution in [0, 0.1) is 5.41 Å². The molecule has 0 radical (unpaired) electrons. The first-order valence-corrected chi connectivity index (χ1v) is 8.24. The fourth-order valence-corrected chi connectivity index (χ4v) is 3.69. The SMILES string of the molecule is Oc1ccccc1-c1cc2ccc(N3CC4(CNC4)C3)cc2nn1. The first-order chi connectivity index (χ1) is 11.7. The summed E-state index contributed by atoms with van der Waals surface area (Å²) in [7, 11) is 0. The fraction of sp³-hybridized carbons (Fsp3) is 0.263. The second-order valence-electron chi connectivity index (χ2n) is 6.95. The van der Waals surface area contributed by atoms with Gasteiger partial charge in [-0.1, -0.05) is 18.2 Å². The Hall–Kier alpha value is -2.66. The molecule has 24 heavy (non-hydrogen) atoms. The summed E-state index contributed by atoms with van der Waals surface area (Å²) in [4.78, 5) is 2.40. The zero-order chi connectivity index (χ0) is 16.1. The maximum atomic E-state index is 9.99. The fourth-order valence-electron chi connectivity index (χ4n) is 3.69. The molecule has 0 atom stereocenters. The van der Waals surface area contributed by atoms with Crippen molar-refractivity contribution < 1.29 is 5.11 Å². The van der Waals surface area contributed by atoms with E-state index in [4.69, 9.17) is 0 Å². The maximum Gasteiger partial charge on any atom is 0.125 e. The second-order valence-corrected chi connectivity index (χ2v) is 6.95. The average molecular weight is 318 g/mol. The molecular weight excluding hydrogens is 300 g/mol. The average Bonchev–Trinajstić information content (AvgIpc) is 2.52. The molecule has 5 heteroatoms. The molecule has 0 saturated carbocycles. The van der Waals surface area contributed by atoms with E-state index in [9.17, 15) is 5.11 Å². The highest BCUT2D eigenvalue weighted by Crippen LogP contribution is 2.38. The van der Waals surface area contributed by atoms with Crippen molar-refractivity contribution in [3.63, 3.8) is 0 Å². The number of nitrogens with zero attached hydrogens (tertiary/aromatic N) is 3. The molecule has 1 spiro atoms. The van der Waals surface area contributed by atoms with Gasteiger partial charge in [0.05, 0.1) is 11.2 Å². The summed E-state index contributed by atoms with van der Waals surface area (Å²) in [5, 5.41) is 23.1. The van der Waals surface area contributed by atoms with E-state index < -0.39 is 0 Å². The number of para-hydroxylation sites is 1. The first kappa shape index (κ1) is 13.7. The summed E-state index contributed by atoms with van der Waals surface area (Å²) in [5.41, 5.74) is 4.01. The molecule has 0 bridgehead atoms. The van der Waals surface area contributed by atoms with E-state index in [0.29, 0.717) is 16.7 Å². The number of anilines is 1. The van der Waals surface area contributed by atoms with Gasteiger partial charge in [0.2, 0.25) is 0 Å². The highest BCUT2D eigenvalue weighted by Gasteiger charge is 2.47. The summed E-state index contributed by atoms with van der Waals surface area (Å²) in [6.45, 7) is 4.52. The van der Waals surface area contributed by atoms with Gasteiger partial charge in [0, 0.05) is 48.2 Å². The lowest BCUT2D eigenvalue weighted by Crippen LogP contribution is -2.71. The van der Waals surface area contributed by atoms with Crippen LogP contribution in [0.2, 0.25) is 0 Å². The highest BCUT2D eigenvalue weighted by molar-refractivity contribution is 5.85. The van der Waals surface area contributed by atoms with Gasteiger partial charge in [-0.15, -0.1) is 10.2 Å². The van der Waals surface area contributed by atoms with Crippen LogP contribution in [-0.2, 0) is 0 Å². The molecule has 120 valence electrons. The van der Waals surface area contributed by atoms with Gasteiger partial charge in [-0.2, -0.15) is 0 Å². The molecule has 3 heterocycles. The van der Waals surface area contributed by atoms with Crippen molar-refractivity contribution in [1.82, 2.24) is 15.5 Å². The van der Waals surface area contributed by atoms with E-state index in [2.05, 4.69) is 38.6 Å². The van der Waals surface area contributed by atoms with E-state index >= 15 is 0 Å². The number of aromatic nitrogens is 2. The number of phenolic OH excluding ortho intramolecular Hbond substituents is 1. The van der Waals surface area contributed by atoms with E-state index in [1.807, 2.05) is 18.2 Å². The molecule has 2 fully saturated rings. The van der Waals surface area contributed by atoms with Crippen molar-refractivity contribution in [3.05, 3.63) is 48.5 Å². The van der Waals surface area contributed by atoms with Gasteiger partial charge in [0.15, 0.2) is 0 Å². The topological polar surface area (TPSA) is 61.3 Å². The van der Waals surface area contributed by atoms with Crippen LogP contribution in [0.25, 0.3) is 22.2 Å². The molecule has 2 saturated heterocycles. The normalized spacial score (nSPS) is 18.4. The summed E-state index contributed by atoms with van der Waals surface area (Å²) < 4.78 is 0. The Morgan fingerprint density at radius 2 is 1.83 bits per heavy atom. The van der Waals surface area contributed by atoms with E-state index in [-0.39, 0.29) is 5.75 Å². The van der Waals surface area contributed by atoms with Crippen molar-refractivity contribution >= 4 is 16.6 Å². The molecule has 2 aliphatic rings. The Morgan fingerprint density at radius 1 is 1.00 bits per heavy atom. The van der Waals surface area contributed by atoms with Crippen LogP contribution in [0.3, 0.4) is 0 Å². The van der Waals surface area contributed by atoms with Gasteiger partial charge < -0.3 is 15.3 Å². The number of fused-ring (bicyclic) bond motifs is 1. The zero-order valence-electron chi connectivity index (χ0n) is 13.2. The maximum absolute atomic E-state index is 9.99. The van der Waals surface area contributed by atoms with Crippen LogP contribution in [0.1, 0.15) is 0 Å². The van der Waals surface area contributed by atoms with Crippen molar-refractivity contribution in [2.45, 2.75) is 0 Å². The Balaban J connectivity index is 1.47. The lowest BCUT2D eigenvalue weighted by atomic mass is 9.74. The number of phenols is 1. The van der Waals surface area contributed by atoms with E-state index in [0.717, 1.165) is 37.1 Å². The Bertz CT molecular complexity index is 928. The summed E-state index contributed by atoms with van der Waals surface area (Å²) >= 11 is 0. The number of hydrogen-bond donors (Lipinski definition) is 2. The standard InChI is InChI=1S/C19H18N4O/c24-18-4-2-1-3-15(18)17-7-13-5-6-14(8-16(13)21-22-17)23-11-19(12-23)9-20-10-19/h1-8,20,24H,9-12H2. The summed E-state index contributed by atoms with van der Waals surface area (Å²) in [6, 6.07) is 15.5. The summed E-state index contributed by atoms with van der Waals surface area (Å²) in [6.07, 6.45) is 0. The van der Waals surface area contributed by atoms with E-state index in [1.54, 1.807) is 12.1 Å². The molecule has 3 aromatic rings. The largest absolute Gasteiger partial charge is 0.507 e. The van der Waals surface area contributed by atoms with Gasteiger partial charge in [-0.25, -0.2) is 0 Å². The monoisotopic (exact) mass is 318 g/mol. The Kier molecular flexibility index (Phi) is 2.82. The van der Waals surface area contributed by atoms with Gasteiger partial charge in [-0.05, 0) is 30.3 Å². The van der Waals surface area contributed by atoms with Gasteiger partial charge >= 0.3 is 0 Å². The molecule has 0 unspecified atom stereocenters. The van der Waals surface area contributed by atoms with Gasteiger partial charge in [-0.3, -0.25) is 0 Å². The molecule has 0 amide bonds. The molecule has 5 nitrogen and oxygen atoms in total. The van der Waals surface area contributed by atoms with Gasteiger partial charge in [0.25, 0.3) is 0 Å². The van der Waals surface area contributed by atoms with Crippen LogP contribution in [-0.4, -0.2) is 41.5 Å². The zero-order valence-corrected chi connectivity index (χ0v) is 13.2. The Labute approximate surface area is 139 Å². The number of hydrogen-bond acceptors (Lipinski definition) is 5. The smallest absolute Gasteiger partial charge is 0.125 e. The van der Waals surface area contributed by atoms with Crippen molar-refractivity contribution in [2.24, 2.45) is 5.41 Å². The number of nitrogens with one attached hydrogen (secondary N) is 1. The molecular formula is C19H18N4O. The Morgan fingerprint density at radius 3 is 2.58 bits per heavy atom. The van der Waals surface area contributed by atoms with Crippen molar-refractivity contribution in [3.8, 4) is 17.0 Å². The number of benzene rings is 2. The van der Waals surface area contributed by atoms with E-state index in [1.165, 1.54) is 5.69 Å². The molecule has 5 rings (SSSR count). The third-order valence-electron chi connectivity index (χ3n) is 5.17. The minimum atomic E-state index is 0.225. The quantitative estimate of drug-likeness (QED) is 0.760. The predicted octanol–water partition coefficient (Wildman–Crippen LogP) is 2.41. The highest BCUT2D eigenvalue weighted by atomic mass is 16.3. The lowest BCUT2D eigenvalue weighted by Gasteiger charge is -2.57. The molecule has 2 N–H and O–H groups in total. The predicted molar refractivity (Wildman–Crippen MR) is 94.2 cm³/mol. The minimum absolute atomic E-state index is 0.225. The minimum Gasteiger partial charge on any atom is -0.507 e. The van der Waals surface area contributed by atoms with Crippen molar-refractivity contribution in [2.75, 3.05) is 31.1 Å². The van der Waals surface area contributed by atoms with Crippen LogP contribution in [0.5, 0.6) is 5.75 Å². The molecule has 2 aromatic carbocycles. The van der Waals surface area contributed by atoms with Crippen LogP contribution in [0.4, 0.5) is 5.69 Å². The van der Waals surface area contributed by atoms with Crippen LogP contribution >= 0.6 is 0 Å². The molecule has 1 aromatic heterocycles. The summed E-state index contributed by atoms with van der Waals surface area (Å²) in [5.74, 6) is 0.225. The lowest BCUT2D eigenvalue weighted by molar-refractivity contribution is 0.121. The first-order valence-electron chi connectivity index (χ1n) is 8.24. The number of aromatic hydroxyl groups is 1. The number of rotatable bonds is 2. The van der Waals surface area contributed by atoms with Crippen molar-refractivity contribution in [1.29, 1.82) is 0 Å². The van der Waals surface area contributed by atoms with Crippen LogP contribution in [0.15, 0.2) is 48.5 Å². The molecule has 2 aliphatic heterocycles. The van der Waals surface area contributed by atoms with Crippen LogP contribution < -0.4 is 10.2 Å². The second kappa shape index (κ2) is 4.92. The third kappa shape index (κ3) is 2.05. The third-order valence-corrected chi connectivity index (χ3v) is 5.17.